The van der Waals surface area contributed by atoms with Gasteiger partial charge in [0.15, 0.2) is 0 Å². The molecule has 2 fully saturated rings. The molecule has 2 N–H and O–H groups in total. The van der Waals surface area contributed by atoms with Gasteiger partial charge in [0.2, 0.25) is 11.8 Å². The van der Waals surface area contributed by atoms with Gasteiger partial charge in [-0.15, -0.1) is 0 Å². The molecule has 3 rings (SSSR count). The molecule has 1 saturated carbocycles. The fourth-order valence-corrected chi connectivity index (χ4v) is 2.14. The number of rotatable bonds is 1. The van der Waals surface area contributed by atoms with Gasteiger partial charge >= 0.3 is 0 Å². The SMILES string of the molecule is Nc1cc(N2C(=O)C3CC3C2=O)c(F)cc1F. The third-order valence-corrected chi connectivity index (χ3v) is 3.17. The number of carbonyl (C=O) groups excluding carboxylic acids is 2. The second-order valence-corrected chi connectivity index (χ2v) is 4.29. The molecular weight excluding hydrogens is 230 g/mol. The van der Waals surface area contributed by atoms with Crippen molar-refractivity contribution in [1.82, 2.24) is 0 Å². The van der Waals surface area contributed by atoms with Crippen molar-refractivity contribution in [3.63, 3.8) is 0 Å². The third-order valence-electron chi connectivity index (χ3n) is 3.17. The van der Waals surface area contributed by atoms with Crippen LogP contribution in [0, 0.1) is 23.5 Å². The van der Waals surface area contributed by atoms with Crippen LogP contribution in [0.3, 0.4) is 0 Å². The van der Waals surface area contributed by atoms with Gasteiger partial charge in [0.1, 0.15) is 11.6 Å². The lowest BCUT2D eigenvalue weighted by Gasteiger charge is -2.17. The van der Waals surface area contributed by atoms with Crippen molar-refractivity contribution in [2.45, 2.75) is 6.42 Å². The highest BCUT2D eigenvalue weighted by Gasteiger charge is 2.59. The maximum absolute atomic E-state index is 13.5. The highest BCUT2D eigenvalue weighted by molar-refractivity contribution is 6.24. The Morgan fingerprint density at radius 2 is 1.71 bits per heavy atom. The molecule has 1 aliphatic carbocycles. The van der Waals surface area contributed by atoms with Crippen LogP contribution in [0.1, 0.15) is 6.42 Å². The Kier molecular flexibility index (Phi) is 1.81. The Bertz CT molecular complexity index is 539. The van der Waals surface area contributed by atoms with E-state index in [1.807, 2.05) is 0 Å². The summed E-state index contributed by atoms with van der Waals surface area (Å²) in [4.78, 5) is 24.2. The van der Waals surface area contributed by atoms with Crippen molar-refractivity contribution in [2.24, 2.45) is 11.8 Å². The van der Waals surface area contributed by atoms with Gasteiger partial charge in [0, 0.05) is 6.07 Å². The van der Waals surface area contributed by atoms with E-state index in [0.29, 0.717) is 12.5 Å². The Morgan fingerprint density at radius 3 is 2.29 bits per heavy atom. The molecule has 1 saturated heterocycles. The van der Waals surface area contributed by atoms with E-state index in [1.165, 1.54) is 0 Å². The Balaban J connectivity index is 2.08. The molecule has 0 bridgehead atoms. The first kappa shape index (κ1) is 10.2. The van der Waals surface area contributed by atoms with Crippen molar-refractivity contribution in [1.29, 1.82) is 0 Å². The smallest absolute Gasteiger partial charge is 0.237 e. The number of benzene rings is 1. The van der Waals surface area contributed by atoms with E-state index in [-0.39, 0.29) is 23.2 Å². The van der Waals surface area contributed by atoms with E-state index in [4.69, 9.17) is 5.73 Å². The zero-order chi connectivity index (χ0) is 12.3. The van der Waals surface area contributed by atoms with Crippen LogP contribution in [0.25, 0.3) is 0 Å². The Hall–Kier alpha value is -1.98. The number of hydrogen-bond donors (Lipinski definition) is 1. The van der Waals surface area contributed by atoms with Crippen LogP contribution in [0.5, 0.6) is 0 Å². The number of hydrogen-bond acceptors (Lipinski definition) is 3. The number of piperidine rings is 1. The molecule has 2 unspecified atom stereocenters. The number of halogens is 2. The molecule has 1 heterocycles. The summed E-state index contributed by atoms with van der Waals surface area (Å²) in [7, 11) is 0. The van der Waals surface area contributed by atoms with Crippen molar-refractivity contribution in [3.05, 3.63) is 23.8 Å². The molecule has 0 aromatic heterocycles. The van der Waals surface area contributed by atoms with E-state index in [2.05, 4.69) is 0 Å². The number of amides is 2. The highest BCUT2D eigenvalue weighted by atomic mass is 19.1. The number of nitrogen functional groups attached to an aromatic ring is 1. The average Bonchev–Trinajstić information content (AvgIpc) is 3.00. The zero-order valence-corrected chi connectivity index (χ0v) is 8.61. The predicted octanol–water partition coefficient (Wildman–Crippen LogP) is 1.06. The van der Waals surface area contributed by atoms with Gasteiger partial charge in [0.05, 0.1) is 23.2 Å². The van der Waals surface area contributed by atoms with Crippen LogP contribution in [-0.4, -0.2) is 11.8 Å². The van der Waals surface area contributed by atoms with E-state index in [9.17, 15) is 18.4 Å². The monoisotopic (exact) mass is 238 g/mol. The number of nitrogens with two attached hydrogens (primary N) is 1. The van der Waals surface area contributed by atoms with Gasteiger partial charge < -0.3 is 5.73 Å². The number of imide groups is 1. The minimum atomic E-state index is -0.959. The van der Waals surface area contributed by atoms with Gasteiger partial charge in [0.25, 0.3) is 0 Å². The van der Waals surface area contributed by atoms with Crippen molar-refractivity contribution < 1.29 is 18.4 Å². The Labute approximate surface area is 95.0 Å². The predicted molar refractivity (Wildman–Crippen MR) is 54.9 cm³/mol. The van der Waals surface area contributed by atoms with Crippen LogP contribution in [0.4, 0.5) is 20.2 Å². The van der Waals surface area contributed by atoms with Gasteiger partial charge in [-0.1, -0.05) is 0 Å². The average molecular weight is 238 g/mol. The van der Waals surface area contributed by atoms with E-state index in [1.54, 1.807) is 0 Å². The van der Waals surface area contributed by atoms with Gasteiger partial charge in [-0.2, -0.15) is 0 Å². The molecule has 2 aliphatic rings. The summed E-state index contributed by atoms with van der Waals surface area (Å²) < 4.78 is 26.5. The number of fused-ring (bicyclic) bond motifs is 1. The third kappa shape index (κ3) is 1.26. The summed E-state index contributed by atoms with van der Waals surface area (Å²) >= 11 is 0. The molecule has 0 spiro atoms. The van der Waals surface area contributed by atoms with Crippen molar-refractivity contribution >= 4 is 23.2 Å². The molecular formula is C11H8F2N2O2. The summed E-state index contributed by atoms with van der Waals surface area (Å²) in [6, 6.07) is 1.56. The standard InChI is InChI=1S/C11H8F2N2O2/c12-6-2-7(13)9(3-8(6)14)15-10(16)4-1-5(4)11(15)17/h2-5H,1,14H2. The largest absolute Gasteiger partial charge is 0.396 e. The van der Waals surface area contributed by atoms with Crippen LogP contribution < -0.4 is 10.6 Å². The molecule has 1 aromatic rings. The molecule has 0 radical (unpaired) electrons. The lowest BCUT2D eigenvalue weighted by molar-refractivity contribution is -0.123. The van der Waals surface area contributed by atoms with E-state index < -0.39 is 23.4 Å². The minimum Gasteiger partial charge on any atom is -0.396 e. The van der Waals surface area contributed by atoms with Crippen LogP contribution in [-0.2, 0) is 9.59 Å². The maximum Gasteiger partial charge on any atom is 0.237 e. The highest BCUT2D eigenvalue weighted by Crippen LogP contribution is 2.48. The van der Waals surface area contributed by atoms with Crippen LogP contribution in [0.2, 0.25) is 0 Å². The van der Waals surface area contributed by atoms with Crippen molar-refractivity contribution in [3.8, 4) is 0 Å². The second-order valence-electron chi connectivity index (χ2n) is 4.29. The van der Waals surface area contributed by atoms with Gasteiger partial charge in [-0.25, -0.2) is 13.7 Å². The topological polar surface area (TPSA) is 63.4 Å². The molecule has 88 valence electrons. The minimum absolute atomic E-state index is 0.258. The summed E-state index contributed by atoms with van der Waals surface area (Å²) in [6.45, 7) is 0. The molecule has 4 nitrogen and oxygen atoms in total. The first-order valence-corrected chi connectivity index (χ1v) is 5.13. The first-order chi connectivity index (χ1) is 8.00. The fourth-order valence-electron chi connectivity index (χ4n) is 2.14. The molecule has 1 aliphatic heterocycles. The quantitative estimate of drug-likeness (QED) is 0.587. The summed E-state index contributed by atoms with van der Waals surface area (Å²) in [5, 5.41) is 0. The number of carbonyl (C=O) groups is 2. The van der Waals surface area contributed by atoms with Crippen molar-refractivity contribution in [2.75, 3.05) is 10.6 Å². The molecule has 2 amide bonds. The summed E-state index contributed by atoms with van der Waals surface area (Å²) in [5.41, 5.74) is 4.76. The van der Waals surface area contributed by atoms with E-state index >= 15 is 0 Å². The van der Waals surface area contributed by atoms with Gasteiger partial charge in [-0.3, -0.25) is 9.59 Å². The van der Waals surface area contributed by atoms with E-state index in [0.717, 1.165) is 11.0 Å². The second kappa shape index (κ2) is 3.03. The number of nitrogens with zero attached hydrogens (tertiary/aromatic N) is 1. The van der Waals surface area contributed by atoms with Crippen LogP contribution in [0.15, 0.2) is 12.1 Å². The first-order valence-electron chi connectivity index (χ1n) is 5.13. The molecule has 2 atom stereocenters. The zero-order valence-electron chi connectivity index (χ0n) is 8.61. The number of anilines is 2. The molecule has 17 heavy (non-hydrogen) atoms. The van der Waals surface area contributed by atoms with Crippen LogP contribution >= 0.6 is 0 Å². The lowest BCUT2D eigenvalue weighted by atomic mass is 10.2. The Morgan fingerprint density at radius 1 is 1.12 bits per heavy atom. The normalized spacial score (nSPS) is 26.4. The lowest BCUT2D eigenvalue weighted by Crippen LogP contribution is -2.33. The maximum atomic E-state index is 13.5. The summed E-state index contributed by atoms with van der Waals surface area (Å²) in [6.07, 6.45) is 0.534. The molecule has 6 heteroatoms. The fraction of sp³-hybridized carbons (Fsp3) is 0.273. The van der Waals surface area contributed by atoms with Gasteiger partial charge in [-0.05, 0) is 12.5 Å². The summed E-state index contributed by atoms with van der Waals surface area (Å²) in [5.74, 6) is -3.37. The molecule has 1 aromatic carbocycles.